The normalized spacial score (nSPS) is 18.2. The fraction of sp³-hybridized carbons (Fsp3) is 0.436. The summed E-state index contributed by atoms with van der Waals surface area (Å²) in [6, 6.07) is 15.7. The SMILES string of the molecule is Cc1ccccc1C(C(=O)NC1CCC(F)(F)CC1)N(C(=O)[C@@H]1CCC(=O)N1c1cc(C#N)ccn1)c1cccc2ncn(COCC[Si](C)(C)C)c12. The van der Waals surface area contributed by atoms with Gasteiger partial charge in [0.2, 0.25) is 17.7 Å². The first-order valence-electron chi connectivity index (χ1n) is 18.0. The van der Waals surface area contributed by atoms with Crippen molar-refractivity contribution in [2.45, 2.75) is 102 Å². The van der Waals surface area contributed by atoms with E-state index >= 15 is 4.79 Å². The van der Waals surface area contributed by atoms with E-state index in [4.69, 9.17) is 4.74 Å². The van der Waals surface area contributed by atoms with Crippen molar-refractivity contribution in [2.75, 3.05) is 16.4 Å². The van der Waals surface area contributed by atoms with Crippen LogP contribution in [0.1, 0.15) is 61.3 Å². The van der Waals surface area contributed by atoms with Crippen LogP contribution in [0.2, 0.25) is 25.7 Å². The molecule has 14 heteroatoms. The molecule has 278 valence electrons. The minimum absolute atomic E-state index is 0.0489. The van der Waals surface area contributed by atoms with E-state index in [0.717, 1.165) is 11.6 Å². The molecule has 1 aliphatic carbocycles. The summed E-state index contributed by atoms with van der Waals surface area (Å²) in [5, 5.41) is 12.6. The summed E-state index contributed by atoms with van der Waals surface area (Å²) in [7, 11) is -1.38. The van der Waals surface area contributed by atoms with Crippen LogP contribution in [-0.4, -0.2) is 64.9 Å². The van der Waals surface area contributed by atoms with Crippen molar-refractivity contribution in [2.24, 2.45) is 0 Å². The molecular formula is C39H45F2N7O4Si. The van der Waals surface area contributed by atoms with Crippen LogP contribution in [0.4, 0.5) is 20.3 Å². The Morgan fingerprint density at radius 2 is 1.85 bits per heavy atom. The van der Waals surface area contributed by atoms with Crippen molar-refractivity contribution < 1.29 is 27.9 Å². The Morgan fingerprint density at radius 3 is 2.57 bits per heavy atom. The van der Waals surface area contributed by atoms with Crippen LogP contribution in [0.3, 0.4) is 0 Å². The van der Waals surface area contributed by atoms with Gasteiger partial charge in [0.25, 0.3) is 5.91 Å². The molecule has 1 N–H and O–H groups in total. The molecule has 4 aromatic rings. The lowest BCUT2D eigenvalue weighted by molar-refractivity contribution is -0.128. The third-order valence-electron chi connectivity index (χ3n) is 10.0. The number of pyridine rings is 1. The van der Waals surface area contributed by atoms with Crippen LogP contribution in [0.5, 0.6) is 0 Å². The van der Waals surface area contributed by atoms with Crippen molar-refractivity contribution >= 4 is 48.3 Å². The van der Waals surface area contributed by atoms with Gasteiger partial charge in [-0.25, -0.2) is 18.7 Å². The highest BCUT2D eigenvalue weighted by atomic mass is 28.3. The molecule has 1 saturated heterocycles. The maximum absolute atomic E-state index is 15.4. The number of aryl methyl sites for hydroxylation is 1. The number of aromatic nitrogens is 3. The Hall–Kier alpha value is -5.00. The van der Waals surface area contributed by atoms with E-state index in [1.165, 1.54) is 28.1 Å². The minimum atomic E-state index is -2.79. The molecule has 11 nitrogen and oxygen atoms in total. The number of nitrogens with one attached hydrogen (secondary N) is 1. The number of para-hydroxylation sites is 1. The number of amides is 3. The predicted molar refractivity (Wildman–Crippen MR) is 200 cm³/mol. The summed E-state index contributed by atoms with van der Waals surface area (Å²) < 4.78 is 36.3. The van der Waals surface area contributed by atoms with Gasteiger partial charge in [-0.2, -0.15) is 5.26 Å². The van der Waals surface area contributed by atoms with Crippen molar-refractivity contribution in [3.63, 3.8) is 0 Å². The number of nitrogens with zero attached hydrogens (tertiary/aromatic N) is 6. The molecule has 3 amide bonds. The number of alkyl halides is 2. The number of fused-ring (bicyclic) bond motifs is 1. The molecule has 1 unspecified atom stereocenters. The monoisotopic (exact) mass is 741 g/mol. The lowest BCUT2D eigenvalue weighted by Crippen LogP contribution is -2.53. The average Bonchev–Trinajstić information content (AvgIpc) is 3.73. The second-order valence-electron chi connectivity index (χ2n) is 15.1. The van der Waals surface area contributed by atoms with Gasteiger partial charge in [0.05, 0.1) is 34.7 Å². The quantitative estimate of drug-likeness (QED) is 0.124. The van der Waals surface area contributed by atoms with Crippen molar-refractivity contribution in [3.8, 4) is 6.07 Å². The topological polar surface area (TPSA) is 133 Å². The van der Waals surface area contributed by atoms with Crippen LogP contribution < -0.4 is 15.1 Å². The number of rotatable bonds is 12. The Morgan fingerprint density at radius 1 is 1.09 bits per heavy atom. The molecule has 2 aliphatic rings. The number of benzene rings is 2. The highest BCUT2D eigenvalue weighted by Crippen LogP contribution is 2.39. The molecule has 0 radical (unpaired) electrons. The molecule has 0 bridgehead atoms. The zero-order chi connectivity index (χ0) is 37.9. The van der Waals surface area contributed by atoms with Gasteiger partial charge in [-0.1, -0.05) is 50.0 Å². The molecule has 1 saturated carbocycles. The van der Waals surface area contributed by atoms with E-state index in [1.807, 2.05) is 25.1 Å². The van der Waals surface area contributed by atoms with Crippen LogP contribution >= 0.6 is 0 Å². The van der Waals surface area contributed by atoms with Crippen LogP contribution in [0.15, 0.2) is 67.1 Å². The van der Waals surface area contributed by atoms with Gasteiger partial charge in [0.1, 0.15) is 24.6 Å². The molecule has 2 fully saturated rings. The second-order valence-corrected chi connectivity index (χ2v) is 20.8. The highest BCUT2D eigenvalue weighted by molar-refractivity contribution is 6.76. The Labute approximate surface area is 309 Å². The van der Waals surface area contributed by atoms with Gasteiger partial charge in [0.15, 0.2) is 0 Å². The number of carbonyl (C=O) groups excluding carboxylic acids is 3. The molecule has 1 aliphatic heterocycles. The summed E-state index contributed by atoms with van der Waals surface area (Å²) >= 11 is 0. The fourth-order valence-electron chi connectivity index (χ4n) is 7.07. The van der Waals surface area contributed by atoms with E-state index in [0.29, 0.717) is 28.9 Å². The summed E-state index contributed by atoms with van der Waals surface area (Å²) in [6.45, 7) is 9.34. The van der Waals surface area contributed by atoms with E-state index in [-0.39, 0.29) is 62.5 Å². The van der Waals surface area contributed by atoms with Gasteiger partial charge < -0.3 is 14.6 Å². The van der Waals surface area contributed by atoms with Gasteiger partial charge in [-0.05, 0) is 67.6 Å². The van der Waals surface area contributed by atoms with Crippen molar-refractivity contribution in [3.05, 3.63) is 83.8 Å². The van der Waals surface area contributed by atoms with Gasteiger partial charge >= 0.3 is 0 Å². The molecule has 2 aromatic carbocycles. The van der Waals surface area contributed by atoms with Gasteiger partial charge in [-0.3, -0.25) is 24.2 Å². The van der Waals surface area contributed by atoms with Gasteiger partial charge in [0, 0.05) is 46.2 Å². The maximum Gasteiger partial charge on any atom is 0.251 e. The van der Waals surface area contributed by atoms with E-state index < -0.39 is 43.9 Å². The van der Waals surface area contributed by atoms with E-state index in [9.17, 15) is 23.6 Å². The number of imidazole rings is 1. The first kappa shape index (κ1) is 37.7. The molecule has 2 aromatic heterocycles. The zero-order valence-electron chi connectivity index (χ0n) is 30.5. The summed E-state index contributed by atoms with van der Waals surface area (Å²) in [5.41, 5.74) is 3.03. The number of nitriles is 1. The van der Waals surface area contributed by atoms with Gasteiger partial charge in [-0.15, -0.1) is 0 Å². The smallest absolute Gasteiger partial charge is 0.251 e. The predicted octanol–water partition coefficient (Wildman–Crippen LogP) is 6.89. The molecular weight excluding hydrogens is 697 g/mol. The molecule has 0 spiro atoms. The standard InChI is InChI=1S/C39H45F2N7O4Si/c1-26-8-5-6-9-29(26)35(37(50)45-28-14-17-39(40,41)18-15-28)48(38(51)32-12-13-34(49)47(32)33-22-27(23-42)16-19-43-33)31-11-7-10-30-36(31)46(24-44-30)25-52-20-21-53(2,3)4/h5-11,16,19,22,24,28,32,35H,12-15,17-18,20-21,25H2,1-4H3,(H,45,50)/t32-,35?/m0/s1. The molecule has 3 heterocycles. The zero-order valence-corrected chi connectivity index (χ0v) is 31.5. The summed E-state index contributed by atoms with van der Waals surface area (Å²) in [4.78, 5) is 55.4. The molecule has 53 heavy (non-hydrogen) atoms. The Bertz CT molecular complexity index is 2030. The fourth-order valence-corrected chi connectivity index (χ4v) is 7.82. The summed E-state index contributed by atoms with van der Waals surface area (Å²) in [5.74, 6) is -4.05. The summed E-state index contributed by atoms with van der Waals surface area (Å²) in [6.07, 6.45) is 2.73. The lowest BCUT2D eigenvalue weighted by Gasteiger charge is -2.37. The Kier molecular flexibility index (Phi) is 11.1. The number of ether oxygens (including phenoxy) is 1. The van der Waals surface area contributed by atoms with E-state index in [1.54, 1.807) is 35.2 Å². The number of carbonyl (C=O) groups is 3. The van der Waals surface area contributed by atoms with Crippen molar-refractivity contribution in [1.29, 1.82) is 5.26 Å². The van der Waals surface area contributed by atoms with E-state index in [2.05, 4.69) is 41.0 Å². The third-order valence-corrected chi connectivity index (χ3v) is 11.7. The number of anilines is 2. The van der Waals surface area contributed by atoms with Crippen molar-refractivity contribution in [1.82, 2.24) is 19.9 Å². The number of hydrogen-bond acceptors (Lipinski definition) is 7. The maximum atomic E-state index is 15.4. The van der Waals surface area contributed by atoms with Crippen LogP contribution in [-0.2, 0) is 25.9 Å². The first-order chi connectivity index (χ1) is 25.3. The number of halogens is 2. The van der Waals surface area contributed by atoms with Crippen LogP contribution in [0.25, 0.3) is 11.0 Å². The Balaban J connectivity index is 1.49. The number of hydrogen-bond donors (Lipinski definition) is 1. The largest absolute Gasteiger partial charge is 0.361 e. The first-order valence-corrected chi connectivity index (χ1v) is 21.7. The minimum Gasteiger partial charge on any atom is -0.361 e. The average molecular weight is 742 g/mol. The molecule has 2 atom stereocenters. The van der Waals surface area contributed by atoms with Crippen LogP contribution in [0, 0.1) is 18.3 Å². The third kappa shape index (κ3) is 8.47. The molecule has 6 rings (SSSR count). The highest BCUT2D eigenvalue weighted by Gasteiger charge is 2.45. The lowest BCUT2D eigenvalue weighted by atomic mass is 9.91. The second kappa shape index (κ2) is 15.5.